The SMILES string of the molecule is CCOc1ccc(N(CC(=O)Nc2cc(S(=O)(=O)N3CCOCC3)ccc2OC)S(C)(=O)=O)cc1. The number of methoxy groups -OCH3 is 1. The third-order valence-electron chi connectivity index (χ3n) is 5.18. The maximum absolute atomic E-state index is 13.0. The number of carbonyl (C=O) groups excluding carboxylic acids is 1. The molecule has 192 valence electrons. The van der Waals surface area contributed by atoms with Crippen LogP contribution < -0.4 is 19.1 Å². The van der Waals surface area contributed by atoms with Gasteiger partial charge in [-0.2, -0.15) is 4.31 Å². The van der Waals surface area contributed by atoms with Crippen molar-refractivity contribution in [3.63, 3.8) is 0 Å². The van der Waals surface area contributed by atoms with Crippen molar-refractivity contribution in [3.05, 3.63) is 42.5 Å². The van der Waals surface area contributed by atoms with Crippen LogP contribution in [0.1, 0.15) is 6.92 Å². The van der Waals surface area contributed by atoms with E-state index in [0.29, 0.717) is 25.6 Å². The second-order valence-corrected chi connectivity index (χ2v) is 11.5. The summed E-state index contributed by atoms with van der Waals surface area (Å²) in [7, 11) is -6.24. The molecular weight excluding hydrogens is 498 g/mol. The Labute approximate surface area is 205 Å². The van der Waals surface area contributed by atoms with E-state index >= 15 is 0 Å². The summed E-state index contributed by atoms with van der Waals surface area (Å²) in [6.45, 7) is 2.80. The number of carbonyl (C=O) groups is 1. The van der Waals surface area contributed by atoms with Crippen molar-refractivity contribution in [1.82, 2.24) is 4.31 Å². The van der Waals surface area contributed by atoms with E-state index in [-0.39, 0.29) is 35.1 Å². The summed E-state index contributed by atoms with van der Waals surface area (Å²) in [4.78, 5) is 12.8. The molecule has 1 fully saturated rings. The summed E-state index contributed by atoms with van der Waals surface area (Å²) in [6.07, 6.45) is 0.993. The molecule has 1 saturated heterocycles. The average molecular weight is 528 g/mol. The van der Waals surface area contributed by atoms with Gasteiger partial charge in [0, 0.05) is 13.1 Å². The first-order valence-electron chi connectivity index (χ1n) is 10.8. The van der Waals surface area contributed by atoms with Gasteiger partial charge in [-0.3, -0.25) is 9.10 Å². The van der Waals surface area contributed by atoms with Gasteiger partial charge in [0.15, 0.2) is 0 Å². The van der Waals surface area contributed by atoms with Gasteiger partial charge in [0.25, 0.3) is 0 Å². The van der Waals surface area contributed by atoms with Gasteiger partial charge < -0.3 is 19.5 Å². The molecule has 0 aliphatic carbocycles. The quantitative estimate of drug-likeness (QED) is 0.492. The first-order chi connectivity index (χ1) is 16.6. The van der Waals surface area contributed by atoms with Gasteiger partial charge in [0.1, 0.15) is 18.0 Å². The van der Waals surface area contributed by atoms with E-state index in [1.165, 1.54) is 41.7 Å². The minimum absolute atomic E-state index is 0.0259. The number of nitrogens with zero attached hydrogens (tertiary/aromatic N) is 2. The van der Waals surface area contributed by atoms with Gasteiger partial charge in [0.2, 0.25) is 26.0 Å². The zero-order valence-electron chi connectivity index (χ0n) is 19.8. The van der Waals surface area contributed by atoms with Gasteiger partial charge in [0.05, 0.1) is 49.5 Å². The van der Waals surface area contributed by atoms with Crippen molar-refractivity contribution in [2.24, 2.45) is 0 Å². The predicted molar refractivity (Wildman–Crippen MR) is 131 cm³/mol. The van der Waals surface area contributed by atoms with E-state index < -0.39 is 32.5 Å². The van der Waals surface area contributed by atoms with E-state index in [4.69, 9.17) is 14.2 Å². The van der Waals surface area contributed by atoms with Crippen LogP contribution in [0.5, 0.6) is 11.5 Å². The fraction of sp³-hybridized carbons (Fsp3) is 0.409. The van der Waals surface area contributed by atoms with Crippen LogP contribution in [0.15, 0.2) is 47.4 Å². The van der Waals surface area contributed by atoms with Crippen molar-refractivity contribution >= 4 is 37.3 Å². The molecule has 0 radical (unpaired) electrons. The summed E-state index contributed by atoms with van der Waals surface area (Å²) in [5.74, 6) is 0.118. The molecule has 1 heterocycles. The average Bonchev–Trinajstić information content (AvgIpc) is 2.83. The van der Waals surface area contributed by atoms with Gasteiger partial charge in [-0.25, -0.2) is 16.8 Å². The maximum atomic E-state index is 13.0. The number of amides is 1. The normalized spacial score (nSPS) is 14.8. The molecule has 1 aliphatic heterocycles. The highest BCUT2D eigenvalue weighted by Crippen LogP contribution is 2.30. The number of nitrogens with one attached hydrogen (secondary N) is 1. The molecular formula is C22H29N3O8S2. The standard InChI is InChI=1S/C22H29N3O8S2/c1-4-33-18-7-5-17(6-8-18)25(34(3,27)28)16-22(26)23-20-15-19(9-10-21(20)31-2)35(29,30)24-11-13-32-14-12-24/h5-10,15H,4,11-14,16H2,1-3H3,(H,23,26). The van der Waals surface area contributed by atoms with Crippen molar-refractivity contribution in [2.75, 3.05) is 62.4 Å². The number of ether oxygens (including phenoxy) is 3. The molecule has 35 heavy (non-hydrogen) atoms. The first-order valence-corrected chi connectivity index (χ1v) is 14.1. The van der Waals surface area contributed by atoms with Gasteiger partial charge in [-0.05, 0) is 49.4 Å². The first kappa shape index (κ1) is 26.7. The third kappa shape index (κ3) is 6.63. The monoisotopic (exact) mass is 527 g/mol. The molecule has 1 amide bonds. The lowest BCUT2D eigenvalue weighted by Crippen LogP contribution is -2.40. The van der Waals surface area contributed by atoms with E-state index in [2.05, 4.69) is 5.32 Å². The Hall–Kier alpha value is -2.87. The van der Waals surface area contributed by atoms with E-state index in [1.807, 2.05) is 6.92 Å². The molecule has 0 unspecified atom stereocenters. The fourth-order valence-corrected chi connectivity index (χ4v) is 5.77. The predicted octanol–water partition coefficient (Wildman–Crippen LogP) is 1.52. The smallest absolute Gasteiger partial charge is 0.245 e. The summed E-state index contributed by atoms with van der Waals surface area (Å²) in [5, 5.41) is 2.58. The van der Waals surface area contributed by atoms with E-state index in [9.17, 15) is 21.6 Å². The highest BCUT2D eigenvalue weighted by molar-refractivity contribution is 7.92. The van der Waals surface area contributed by atoms with Crippen LogP contribution >= 0.6 is 0 Å². The molecule has 1 N–H and O–H groups in total. The Bertz CT molecular complexity index is 1240. The Balaban J connectivity index is 1.83. The van der Waals surface area contributed by atoms with Gasteiger partial charge in [-0.15, -0.1) is 0 Å². The lowest BCUT2D eigenvalue weighted by atomic mass is 10.2. The van der Waals surface area contributed by atoms with Crippen molar-refractivity contribution in [3.8, 4) is 11.5 Å². The fourth-order valence-electron chi connectivity index (χ4n) is 3.48. The number of sulfonamides is 2. The van der Waals surface area contributed by atoms with Crippen molar-refractivity contribution in [1.29, 1.82) is 0 Å². The number of morpholine rings is 1. The van der Waals surface area contributed by atoms with Gasteiger partial charge in [-0.1, -0.05) is 0 Å². The minimum Gasteiger partial charge on any atom is -0.495 e. The van der Waals surface area contributed by atoms with Gasteiger partial charge >= 0.3 is 0 Å². The number of benzene rings is 2. The second kappa shape index (κ2) is 11.2. The Morgan fingerprint density at radius 2 is 1.74 bits per heavy atom. The molecule has 11 nitrogen and oxygen atoms in total. The van der Waals surface area contributed by atoms with E-state index in [0.717, 1.165) is 10.6 Å². The Morgan fingerprint density at radius 3 is 2.31 bits per heavy atom. The molecule has 1 aliphatic rings. The molecule has 3 rings (SSSR count). The largest absolute Gasteiger partial charge is 0.495 e. The molecule has 0 spiro atoms. The molecule has 0 aromatic heterocycles. The molecule has 0 saturated carbocycles. The van der Waals surface area contributed by atoms with E-state index in [1.54, 1.807) is 12.1 Å². The number of hydrogen-bond donors (Lipinski definition) is 1. The highest BCUT2D eigenvalue weighted by Gasteiger charge is 2.28. The van der Waals surface area contributed by atoms with Crippen LogP contribution in [-0.2, 0) is 29.6 Å². The number of hydrogen-bond acceptors (Lipinski definition) is 8. The number of rotatable bonds is 10. The summed E-state index contributed by atoms with van der Waals surface area (Å²) in [6, 6.07) is 10.4. The zero-order chi connectivity index (χ0) is 25.6. The molecule has 2 aromatic rings. The molecule has 2 aromatic carbocycles. The number of anilines is 2. The zero-order valence-corrected chi connectivity index (χ0v) is 21.4. The van der Waals surface area contributed by atoms with Crippen molar-refractivity contribution in [2.45, 2.75) is 11.8 Å². The van der Waals surface area contributed by atoms with Crippen molar-refractivity contribution < 1.29 is 35.8 Å². The lowest BCUT2D eigenvalue weighted by Gasteiger charge is -2.26. The minimum atomic E-state index is -3.82. The topological polar surface area (TPSA) is 132 Å². The van der Waals surface area contributed by atoms with Crippen LogP contribution in [0.4, 0.5) is 11.4 Å². The summed E-state index contributed by atoms with van der Waals surface area (Å²) < 4.78 is 68.9. The van der Waals surface area contributed by atoms with Crippen LogP contribution in [0.25, 0.3) is 0 Å². The molecule has 0 bridgehead atoms. The van der Waals surface area contributed by atoms with Crippen LogP contribution in [0.3, 0.4) is 0 Å². The summed E-state index contributed by atoms with van der Waals surface area (Å²) in [5.41, 5.74) is 0.383. The molecule has 0 atom stereocenters. The second-order valence-electron chi connectivity index (χ2n) is 7.62. The Morgan fingerprint density at radius 1 is 1.09 bits per heavy atom. The highest BCUT2D eigenvalue weighted by atomic mass is 32.2. The van der Waals surface area contributed by atoms with Crippen LogP contribution in [-0.4, -0.2) is 79.9 Å². The lowest BCUT2D eigenvalue weighted by molar-refractivity contribution is -0.114. The third-order valence-corrected chi connectivity index (χ3v) is 8.21. The van der Waals surface area contributed by atoms with Crippen LogP contribution in [0.2, 0.25) is 0 Å². The van der Waals surface area contributed by atoms with Crippen LogP contribution in [0, 0.1) is 0 Å². The Kier molecular flexibility index (Phi) is 8.59. The summed E-state index contributed by atoms with van der Waals surface area (Å²) >= 11 is 0. The maximum Gasteiger partial charge on any atom is 0.245 e. The molecule has 13 heteroatoms.